The molecule has 20 heavy (non-hydrogen) atoms. The van der Waals surface area contributed by atoms with Crippen LogP contribution in [0.4, 0.5) is 0 Å². The normalized spacial score (nSPS) is 22.4. The number of carboxylic acid groups (broad SMARTS) is 1. The molecule has 2 unspecified atom stereocenters. The molecular weight excluding hydrogens is 254 g/mol. The Morgan fingerprint density at radius 3 is 2.70 bits per heavy atom. The molecule has 1 aromatic rings. The van der Waals surface area contributed by atoms with Crippen LogP contribution in [0.2, 0.25) is 0 Å². The number of likely N-dealkylation sites (tertiary alicyclic amines) is 1. The van der Waals surface area contributed by atoms with Gasteiger partial charge in [-0.15, -0.1) is 0 Å². The van der Waals surface area contributed by atoms with Crippen molar-refractivity contribution in [2.75, 3.05) is 13.1 Å². The van der Waals surface area contributed by atoms with Gasteiger partial charge >= 0.3 is 5.97 Å². The summed E-state index contributed by atoms with van der Waals surface area (Å²) in [5.74, 6) is -1.40. The third-order valence-corrected chi connectivity index (χ3v) is 3.70. The van der Waals surface area contributed by atoms with Gasteiger partial charge in [-0.05, 0) is 24.5 Å². The van der Waals surface area contributed by atoms with E-state index >= 15 is 0 Å². The van der Waals surface area contributed by atoms with E-state index in [2.05, 4.69) is 0 Å². The topological polar surface area (TPSA) is 57.6 Å². The second kappa shape index (κ2) is 5.90. The second-order valence-electron chi connectivity index (χ2n) is 5.41. The van der Waals surface area contributed by atoms with Crippen molar-refractivity contribution >= 4 is 18.0 Å². The van der Waals surface area contributed by atoms with E-state index in [9.17, 15) is 9.59 Å². The Kier molecular flexibility index (Phi) is 4.23. The van der Waals surface area contributed by atoms with Crippen LogP contribution in [0.5, 0.6) is 0 Å². The summed E-state index contributed by atoms with van der Waals surface area (Å²) < 4.78 is 0. The number of carbonyl (C=O) groups excluding carboxylic acids is 1. The van der Waals surface area contributed by atoms with Crippen LogP contribution in [-0.4, -0.2) is 35.0 Å². The molecule has 0 radical (unpaired) electrons. The summed E-state index contributed by atoms with van der Waals surface area (Å²) >= 11 is 0. The first kappa shape index (κ1) is 14.3. The lowest BCUT2D eigenvalue weighted by atomic mass is 9.99. The average molecular weight is 273 g/mol. The Labute approximate surface area is 118 Å². The fourth-order valence-corrected chi connectivity index (χ4v) is 2.51. The van der Waals surface area contributed by atoms with Crippen molar-refractivity contribution in [1.82, 2.24) is 4.90 Å². The van der Waals surface area contributed by atoms with Gasteiger partial charge in [0.2, 0.25) is 5.91 Å². The van der Waals surface area contributed by atoms with Crippen LogP contribution in [0.1, 0.15) is 18.1 Å². The summed E-state index contributed by atoms with van der Waals surface area (Å²) in [7, 11) is 0. The molecule has 1 aliphatic rings. The van der Waals surface area contributed by atoms with Crippen molar-refractivity contribution in [2.24, 2.45) is 11.8 Å². The monoisotopic (exact) mass is 273 g/mol. The first-order valence-corrected chi connectivity index (χ1v) is 6.74. The summed E-state index contributed by atoms with van der Waals surface area (Å²) in [6.07, 6.45) is 3.29. The number of carbonyl (C=O) groups is 2. The van der Waals surface area contributed by atoms with Gasteiger partial charge in [0.1, 0.15) is 0 Å². The summed E-state index contributed by atoms with van der Waals surface area (Å²) in [6.45, 7) is 4.68. The minimum Gasteiger partial charge on any atom is -0.481 e. The molecule has 1 heterocycles. The lowest BCUT2D eigenvalue weighted by Crippen LogP contribution is -2.28. The summed E-state index contributed by atoms with van der Waals surface area (Å²) in [5.41, 5.74) is 2.11. The molecule has 1 fully saturated rings. The molecule has 2 rings (SSSR count). The van der Waals surface area contributed by atoms with E-state index in [0.29, 0.717) is 13.1 Å². The zero-order chi connectivity index (χ0) is 14.7. The van der Waals surface area contributed by atoms with Gasteiger partial charge in [-0.2, -0.15) is 0 Å². The van der Waals surface area contributed by atoms with Gasteiger partial charge in [-0.1, -0.05) is 36.8 Å². The Hall–Kier alpha value is -2.10. The Balaban J connectivity index is 2.01. The quantitative estimate of drug-likeness (QED) is 0.859. The van der Waals surface area contributed by atoms with Crippen molar-refractivity contribution < 1.29 is 14.7 Å². The fourth-order valence-electron chi connectivity index (χ4n) is 2.51. The SMILES string of the molecule is Cc1cccc(C=CC(=O)N2CC(C)C(C(=O)O)C2)c1. The van der Waals surface area contributed by atoms with Crippen LogP contribution in [-0.2, 0) is 9.59 Å². The maximum atomic E-state index is 12.1. The smallest absolute Gasteiger partial charge is 0.308 e. The third-order valence-electron chi connectivity index (χ3n) is 3.70. The maximum absolute atomic E-state index is 12.1. The molecular formula is C16H19NO3. The van der Waals surface area contributed by atoms with Gasteiger partial charge in [0.15, 0.2) is 0 Å². The highest BCUT2D eigenvalue weighted by atomic mass is 16.4. The van der Waals surface area contributed by atoms with Crippen molar-refractivity contribution in [1.29, 1.82) is 0 Å². The minimum absolute atomic E-state index is 0.00354. The number of aryl methyl sites for hydroxylation is 1. The molecule has 106 valence electrons. The number of hydrogen-bond acceptors (Lipinski definition) is 2. The summed E-state index contributed by atoms with van der Waals surface area (Å²) in [6, 6.07) is 7.87. The number of carboxylic acids is 1. The molecule has 1 N–H and O–H groups in total. The van der Waals surface area contributed by atoms with E-state index in [1.165, 1.54) is 6.08 Å². The predicted octanol–water partition coefficient (Wildman–Crippen LogP) is 2.19. The van der Waals surface area contributed by atoms with Crippen LogP contribution >= 0.6 is 0 Å². The van der Waals surface area contributed by atoms with E-state index in [1.807, 2.05) is 38.1 Å². The number of nitrogens with zero attached hydrogens (tertiary/aromatic N) is 1. The van der Waals surface area contributed by atoms with E-state index < -0.39 is 11.9 Å². The highest BCUT2D eigenvalue weighted by Gasteiger charge is 2.36. The average Bonchev–Trinajstić information content (AvgIpc) is 2.78. The van der Waals surface area contributed by atoms with Gasteiger partial charge < -0.3 is 10.0 Å². The van der Waals surface area contributed by atoms with E-state index in [1.54, 1.807) is 11.0 Å². The van der Waals surface area contributed by atoms with Crippen LogP contribution in [0.3, 0.4) is 0 Å². The number of hydrogen-bond donors (Lipinski definition) is 1. The van der Waals surface area contributed by atoms with Crippen LogP contribution < -0.4 is 0 Å². The Morgan fingerprint density at radius 2 is 2.10 bits per heavy atom. The summed E-state index contributed by atoms with van der Waals surface area (Å²) in [4.78, 5) is 24.7. The molecule has 2 atom stereocenters. The Morgan fingerprint density at radius 1 is 1.35 bits per heavy atom. The number of aliphatic carboxylic acids is 1. The van der Waals surface area contributed by atoms with Gasteiger partial charge in [-0.3, -0.25) is 9.59 Å². The largest absolute Gasteiger partial charge is 0.481 e. The molecule has 0 aliphatic carbocycles. The number of benzene rings is 1. The molecule has 1 amide bonds. The standard InChI is InChI=1S/C16H19NO3/c1-11-4-3-5-13(8-11)6-7-15(18)17-9-12(2)14(10-17)16(19)20/h3-8,12,14H,9-10H2,1-2H3,(H,19,20). The van der Waals surface area contributed by atoms with Crippen LogP contribution in [0, 0.1) is 18.8 Å². The molecule has 1 aromatic carbocycles. The molecule has 0 spiro atoms. The maximum Gasteiger partial charge on any atom is 0.308 e. The lowest BCUT2D eigenvalue weighted by molar-refractivity contribution is -0.142. The highest BCUT2D eigenvalue weighted by Crippen LogP contribution is 2.23. The van der Waals surface area contributed by atoms with E-state index in [0.717, 1.165) is 11.1 Å². The van der Waals surface area contributed by atoms with Crippen molar-refractivity contribution in [3.05, 3.63) is 41.5 Å². The van der Waals surface area contributed by atoms with Gasteiger partial charge in [0.05, 0.1) is 5.92 Å². The van der Waals surface area contributed by atoms with Crippen molar-refractivity contribution in [3.63, 3.8) is 0 Å². The van der Waals surface area contributed by atoms with Crippen LogP contribution in [0.15, 0.2) is 30.3 Å². The highest BCUT2D eigenvalue weighted by molar-refractivity contribution is 5.92. The number of amides is 1. The second-order valence-corrected chi connectivity index (χ2v) is 5.41. The predicted molar refractivity (Wildman–Crippen MR) is 77.1 cm³/mol. The zero-order valence-electron chi connectivity index (χ0n) is 11.7. The zero-order valence-corrected chi connectivity index (χ0v) is 11.7. The molecule has 4 heteroatoms. The molecule has 4 nitrogen and oxygen atoms in total. The molecule has 0 saturated carbocycles. The van der Waals surface area contributed by atoms with Gasteiger partial charge in [-0.25, -0.2) is 0 Å². The molecule has 1 saturated heterocycles. The minimum atomic E-state index is -0.824. The summed E-state index contributed by atoms with van der Waals surface area (Å²) in [5, 5.41) is 9.07. The molecule has 1 aliphatic heterocycles. The molecule has 0 bridgehead atoms. The molecule has 0 aromatic heterocycles. The van der Waals surface area contributed by atoms with Gasteiger partial charge in [0.25, 0.3) is 0 Å². The van der Waals surface area contributed by atoms with Crippen LogP contribution in [0.25, 0.3) is 6.08 Å². The van der Waals surface area contributed by atoms with Crippen molar-refractivity contribution in [2.45, 2.75) is 13.8 Å². The van der Waals surface area contributed by atoms with Crippen molar-refractivity contribution in [3.8, 4) is 0 Å². The number of rotatable bonds is 3. The van der Waals surface area contributed by atoms with E-state index in [4.69, 9.17) is 5.11 Å². The first-order chi connectivity index (χ1) is 9.47. The fraction of sp³-hybridized carbons (Fsp3) is 0.375. The third kappa shape index (κ3) is 3.26. The Bertz CT molecular complexity index is 550. The van der Waals surface area contributed by atoms with E-state index in [-0.39, 0.29) is 11.8 Å². The first-order valence-electron chi connectivity index (χ1n) is 6.74. The van der Waals surface area contributed by atoms with Gasteiger partial charge in [0, 0.05) is 19.2 Å². The lowest BCUT2D eigenvalue weighted by Gasteiger charge is -2.12.